The zero-order chi connectivity index (χ0) is 11.1. The van der Waals surface area contributed by atoms with Gasteiger partial charge in [0.05, 0.1) is 13.2 Å². The number of hydrogen-bond acceptors (Lipinski definition) is 5. The van der Waals surface area contributed by atoms with E-state index in [0.29, 0.717) is 13.1 Å². The average molecular weight is 213 g/mol. The molecule has 0 radical (unpaired) electrons. The number of morpholine rings is 1. The maximum absolute atomic E-state index is 11.0. The van der Waals surface area contributed by atoms with Crippen LogP contribution in [0.5, 0.6) is 0 Å². The van der Waals surface area contributed by atoms with Gasteiger partial charge in [-0.2, -0.15) is 5.26 Å². The van der Waals surface area contributed by atoms with Crippen LogP contribution in [-0.2, 0) is 9.53 Å². The summed E-state index contributed by atoms with van der Waals surface area (Å²) in [7, 11) is 0. The molecule has 1 rings (SSSR count). The van der Waals surface area contributed by atoms with E-state index in [1.807, 2.05) is 0 Å². The molecule has 0 bridgehead atoms. The van der Waals surface area contributed by atoms with Gasteiger partial charge in [0.1, 0.15) is 6.07 Å². The van der Waals surface area contributed by atoms with Gasteiger partial charge in [-0.15, -0.1) is 0 Å². The molecule has 0 aromatic carbocycles. The minimum atomic E-state index is -1.56. The summed E-state index contributed by atoms with van der Waals surface area (Å²) in [5.74, 6) is -0.634. The van der Waals surface area contributed by atoms with Crippen molar-refractivity contribution in [3.8, 4) is 6.07 Å². The summed E-state index contributed by atoms with van der Waals surface area (Å²) in [6.07, 6.45) is -1.56. The number of carbonyl (C=O) groups is 1. The Labute approximate surface area is 88.4 Å². The standard InChI is InChI=1S/C9H15N3O3/c10-7-8(13)9(14)11-1-2-12-3-5-15-6-4-12/h8,13H,1-6H2,(H,11,14)/t8-/m1/s1. The lowest BCUT2D eigenvalue weighted by Gasteiger charge is -2.26. The van der Waals surface area contributed by atoms with Gasteiger partial charge in [0.2, 0.25) is 6.10 Å². The van der Waals surface area contributed by atoms with E-state index in [0.717, 1.165) is 26.3 Å². The first kappa shape index (κ1) is 11.9. The van der Waals surface area contributed by atoms with Crippen molar-refractivity contribution in [3.05, 3.63) is 0 Å². The van der Waals surface area contributed by atoms with Crippen molar-refractivity contribution in [1.82, 2.24) is 10.2 Å². The highest BCUT2D eigenvalue weighted by Crippen LogP contribution is 1.94. The number of nitrogens with zero attached hydrogens (tertiary/aromatic N) is 2. The molecule has 1 fully saturated rings. The van der Waals surface area contributed by atoms with E-state index in [4.69, 9.17) is 15.1 Å². The normalized spacial score (nSPS) is 19.2. The maximum Gasteiger partial charge on any atom is 0.263 e. The number of rotatable bonds is 4. The minimum absolute atomic E-state index is 0.442. The molecule has 1 atom stereocenters. The molecule has 6 heteroatoms. The Hall–Kier alpha value is -1.16. The van der Waals surface area contributed by atoms with Gasteiger partial charge >= 0.3 is 0 Å². The lowest BCUT2D eigenvalue weighted by Crippen LogP contribution is -2.43. The fraction of sp³-hybridized carbons (Fsp3) is 0.778. The number of ether oxygens (including phenoxy) is 1. The third-order valence-corrected chi connectivity index (χ3v) is 2.20. The molecule has 15 heavy (non-hydrogen) atoms. The van der Waals surface area contributed by atoms with Gasteiger partial charge in [0.15, 0.2) is 0 Å². The van der Waals surface area contributed by atoms with Crippen LogP contribution < -0.4 is 5.32 Å². The van der Waals surface area contributed by atoms with Crippen molar-refractivity contribution in [2.24, 2.45) is 0 Å². The van der Waals surface area contributed by atoms with Crippen molar-refractivity contribution in [1.29, 1.82) is 5.26 Å². The third-order valence-electron chi connectivity index (χ3n) is 2.20. The maximum atomic E-state index is 11.0. The Morgan fingerprint density at radius 1 is 1.60 bits per heavy atom. The molecule has 0 unspecified atom stereocenters. The minimum Gasteiger partial charge on any atom is -0.379 e. The molecule has 0 aliphatic carbocycles. The second kappa shape index (κ2) is 6.35. The van der Waals surface area contributed by atoms with Crippen LogP contribution in [-0.4, -0.2) is 61.4 Å². The second-order valence-electron chi connectivity index (χ2n) is 3.28. The molecule has 6 nitrogen and oxygen atoms in total. The van der Waals surface area contributed by atoms with Gasteiger partial charge in [-0.05, 0) is 0 Å². The summed E-state index contributed by atoms with van der Waals surface area (Å²) in [6.45, 7) is 4.31. The van der Waals surface area contributed by atoms with Gasteiger partial charge in [-0.25, -0.2) is 0 Å². The topological polar surface area (TPSA) is 85.6 Å². The molecular weight excluding hydrogens is 198 g/mol. The van der Waals surface area contributed by atoms with Crippen molar-refractivity contribution in [2.75, 3.05) is 39.4 Å². The van der Waals surface area contributed by atoms with Crippen molar-refractivity contribution < 1.29 is 14.6 Å². The highest BCUT2D eigenvalue weighted by Gasteiger charge is 2.14. The van der Waals surface area contributed by atoms with Gasteiger partial charge in [-0.3, -0.25) is 9.69 Å². The van der Waals surface area contributed by atoms with Gasteiger partial charge in [-0.1, -0.05) is 0 Å². The molecule has 0 saturated carbocycles. The number of nitrogens with one attached hydrogen (secondary N) is 1. The lowest BCUT2D eigenvalue weighted by atomic mass is 10.3. The summed E-state index contributed by atoms with van der Waals surface area (Å²) in [5, 5.41) is 19.6. The molecule has 0 aromatic heterocycles. The van der Waals surface area contributed by atoms with Crippen molar-refractivity contribution >= 4 is 5.91 Å². The third kappa shape index (κ3) is 4.25. The zero-order valence-corrected chi connectivity index (χ0v) is 8.48. The summed E-state index contributed by atoms with van der Waals surface area (Å²) in [6, 6.07) is 1.46. The first-order chi connectivity index (χ1) is 7.24. The molecule has 1 heterocycles. The van der Waals surface area contributed by atoms with Crippen LogP contribution in [0.3, 0.4) is 0 Å². The van der Waals surface area contributed by atoms with E-state index < -0.39 is 12.0 Å². The second-order valence-corrected chi connectivity index (χ2v) is 3.28. The highest BCUT2D eigenvalue weighted by atomic mass is 16.5. The zero-order valence-electron chi connectivity index (χ0n) is 8.48. The predicted octanol–water partition coefficient (Wildman–Crippen LogP) is -1.68. The first-order valence-electron chi connectivity index (χ1n) is 4.89. The molecule has 1 saturated heterocycles. The van der Waals surface area contributed by atoms with Crippen LogP contribution in [0.1, 0.15) is 0 Å². The number of nitriles is 1. The molecule has 0 aromatic rings. The van der Waals surface area contributed by atoms with Crippen LogP contribution in [0.4, 0.5) is 0 Å². The SMILES string of the molecule is N#C[C@@H](O)C(=O)NCCN1CCOCC1. The number of aliphatic hydroxyl groups is 1. The summed E-state index contributed by atoms with van der Waals surface area (Å²) < 4.78 is 5.17. The Morgan fingerprint density at radius 3 is 2.87 bits per heavy atom. The summed E-state index contributed by atoms with van der Waals surface area (Å²) in [4.78, 5) is 13.1. The van der Waals surface area contributed by atoms with E-state index in [2.05, 4.69) is 10.2 Å². The fourth-order valence-corrected chi connectivity index (χ4v) is 1.32. The monoisotopic (exact) mass is 213 g/mol. The van der Waals surface area contributed by atoms with Gasteiger partial charge in [0.25, 0.3) is 5.91 Å². The largest absolute Gasteiger partial charge is 0.379 e. The van der Waals surface area contributed by atoms with Gasteiger partial charge in [0, 0.05) is 26.2 Å². The molecule has 2 N–H and O–H groups in total. The predicted molar refractivity (Wildman–Crippen MR) is 51.9 cm³/mol. The Balaban J connectivity index is 2.10. The first-order valence-corrected chi connectivity index (χ1v) is 4.89. The Morgan fingerprint density at radius 2 is 2.27 bits per heavy atom. The number of carbonyl (C=O) groups excluding carboxylic acids is 1. The van der Waals surface area contributed by atoms with E-state index in [9.17, 15) is 4.79 Å². The number of amides is 1. The molecule has 84 valence electrons. The fourth-order valence-electron chi connectivity index (χ4n) is 1.32. The number of hydrogen-bond donors (Lipinski definition) is 2. The summed E-state index contributed by atoms with van der Waals surface area (Å²) >= 11 is 0. The van der Waals surface area contributed by atoms with Crippen molar-refractivity contribution in [3.63, 3.8) is 0 Å². The Kier molecular flexibility index (Phi) is 5.04. The van der Waals surface area contributed by atoms with Crippen LogP contribution >= 0.6 is 0 Å². The quantitative estimate of drug-likeness (QED) is 0.545. The Bertz CT molecular complexity index is 245. The van der Waals surface area contributed by atoms with E-state index in [1.54, 1.807) is 0 Å². The van der Waals surface area contributed by atoms with E-state index in [1.165, 1.54) is 6.07 Å². The molecule has 1 aliphatic heterocycles. The summed E-state index contributed by atoms with van der Waals surface area (Å²) in [5.41, 5.74) is 0. The molecule has 0 spiro atoms. The van der Waals surface area contributed by atoms with Crippen LogP contribution in [0.2, 0.25) is 0 Å². The van der Waals surface area contributed by atoms with Crippen molar-refractivity contribution in [2.45, 2.75) is 6.10 Å². The molecule has 1 amide bonds. The van der Waals surface area contributed by atoms with E-state index >= 15 is 0 Å². The number of aliphatic hydroxyl groups excluding tert-OH is 1. The van der Waals surface area contributed by atoms with E-state index in [-0.39, 0.29) is 0 Å². The smallest absolute Gasteiger partial charge is 0.263 e. The van der Waals surface area contributed by atoms with Gasteiger partial charge < -0.3 is 15.2 Å². The highest BCUT2D eigenvalue weighted by molar-refractivity contribution is 5.82. The van der Waals surface area contributed by atoms with Crippen LogP contribution in [0, 0.1) is 11.3 Å². The molecular formula is C9H15N3O3. The average Bonchev–Trinajstić information content (AvgIpc) is 2.29. The molecule has 1 aliphatic rings. The van der Waals surface area contributed by atoms with Crippen LogP contribution in [0.25, 0.3) is 0 Å². The lowest BCUT2D eigenvalue weighted by molar-refractivity contribution is -0.126. The van der Waals surface area contributed by atoms with Crippen LogP contribution in [0.15, 0.2) is 0 Å².